The van der Waals surface area contributed by atoms with Crippen LogP contribution in [-0.4, -0.2) is 33.9 Å². The molecule has 3 heterocycles. The third kappa shape index (κ3) is 4.27. The molecule has 0 unspecified atom stereocenters. The first kappa shape index (κ1) is 22.4. The van der Waals surface area contributed by atoms with Crippen molar-refractivity contribution in [3.8, 4) is 16.9 Å². The van der Waals surface area contributed by atoms with E-state index in [1.54, 1.807) is 24.5 Å². The van der Waals surface area contributed by atoms with Crippen molar-refractivity contribution in [2.75, 3.05) is 23.3 Å². The quantitative estimate of drug-likeness (QED) is 0.296. The van der Waals surface area contributed by atoms with Crippen molar-refractivity contribution < 1.29 is 9.90 Å². The smallest absolute Gasteiger partial charge is 0.163 e. The summed E-state index contributed by atoms with van der Waals surface area (Å²) in [6, 6.07) is 13.0. The van der Waals surface area contributed by atoms with Gasteiger partial charge in [0, 0.05) is 24.7 Å². The van der Waals surface area contributed by atoms with E-state index >= 15 is 0 Å². The van der Waals surface area contributed by atoms with E-state index in [9.17, 15) is 9.90 Å². The second-order valence-corrected chi connectivity index (χ2v) is 9.16. The van der Waals surface area contributed by atoms with Crippen LogP contribution in [0, 0.1) is 0 Å². The number of anilines is 3. The third-order valence-corrected chi connectivity index (χ3v) is 6.62. The normalized spacial score (nSPS) is 13.4. The predicted octanol–water partition coefficient (Wildman–Crippen LogP) is 6.86. The molecule has 6 nitrogen and oxygen atoms in total. The van der Waals surface area contributed by atoms with Gasteiger partial charge in [0.2, 0.25) is 0 Å². The zero-order valence-electron chi connectivity index (χ0n) is 18.5. The molecule has 5 rings (SSSR count). The van der Waals surface area contributed by atoms with Gasteiger partial charge in [0.05, 0.1) is 38.7 Å². The van der Waals surface area contributed by atoms with Crippen LogP contribution < -0.4 is 10.2 Å². The van der Waals surface area contributed by atoms with Crippen molar-refractivity contribution in [3.63, 3.8) is 0 Å². The number of Topliss-reactive ketones (excluding diaryl/α,β-unsaturated/α-hetero) is 1. The maximum absolute atomic E-state index is 12.4. The van der Waals surface area contributed by atoms with Gasteiger partial charge in [0.25, 0.3) is 0 Å². The number of fused-ring (bicyclic) bond motifs is 1. The molecule has 2 aromatic heterocycles. The van der Waals surface area contributed by atoms with Crippen molar-refractivity contribution in [2.45, 2.75) is 19.8 Å². The van der Waals surface area contributed by atoms with Crippen LogP contribution in [0.5, 0.6) is 5.75 Å². The summed E-state index contributed by atoms with van der Waals surface area (Å²) in [6.07, 6.45) is 5.75. The molecule has 1 aliphatic rings. The summed E-state index contributed by atoms with van der Waals surface area (Å²) in [5, 5.41) is 14.4. The number of nitrogens with one attached hydrogen (secondary N) is 1. The number of hydrogen-bond acceptors (Lipinski definition) is 6. The molecular formula is C26H22Cl2N4O2. The fourth-order valence-corrected chi connectivity index (χ4v) is 4.73. The fraction of sp³-hybridized carbons (Fsp3) is 0.192. The van der Waals surface area contributed by atoms with Crippen molar-refractivity contribution >= 4 is 57.1 Å². The molecule has 0 aliphatic carbocycles. The van der Waals surface area contributed by atoms with Crippen LogP contribution in [-0.2, 0) is 0 Å². The number of halogens is 2. The highest BCUT2D eigenvalue weighted by molar-refractivity contribution is 6.37. The first-order valence-corrected chi connectivity index (χ1v) is 11.8. The van der Waals surface area contributed by atoms with Crippen molar-refractivity contribution in [1.29, 1.82) is 0 Å². The van der Waals surface area contributed by atoms with Crippen molar-refractivity contribution in [3.05, 3.63) is 70.5 Å². The molecule has 34 heavy (non-hydrogen) atoms. The van der Waals surface area contributed by atoms with E-state index in [1.807, 2.05) is 30.3 Å². The zero-order valence-corrected chi connectivity index (χ0v) is 20.0. The van der Waals surface area contributed by atoms with Gasteiger partial charge in [-0.2, -0.15) is 0 Å². The Bertz CT molecular complexity index is 1380. The summed E-state index contributed by atoms with van der Waals surface area (Å²) < 4.78 is 0. The Morgan fingerprint density at radius 2 is 1.71 bits per heavy atom. The molecule has 2 aromatic carbocycles. The van der Waals surface area contributed by atoms with Gasteiger partial charge in [-0.1, -0.05) is 29.3 Å². The fourth-order valence-electron chi connectivity index (χ4n) is 4.24. The average Bonchev–Trinajstić information content (AvgIpc) is 3.37. The molecule has 1 saturated heterocycles. The van der Waals surface area contributed by atoms with Crippen LogP contribution in [0.3, 0.4) is 0 Å². The molecule has 0 spiro atoms. The Balaban J connectivity index is 1.58. The molecule has 172 valence electrons. The standard InChI is InChI=1S/C26H22Cl2N4O2/c1-15(33)20-14-29-23-6-4-16(17-11-21(27)26(34)22(28)12-17)10-19(23)25(20)31-18-5-7-24(30-13-18)32-8-2-3-9-32/h4-7,10-14,34H,2-3,8-9H2,1H3,(H,29,31). The third-order valence-electron chi connectivity index (χ3n) is 6.04. The minimum atomic E-state index is -0.152. The second-order valence-electron chi connectivity index (χ2n) is 8.35. The lowest BCUT2D eigenvalue weighted by atomic mass is 10.00. The molecule has 0 radical (unpaired) electrons. The van der Waals surface area contributed by atoms with Gasteiger partial charge in [0.15, 0.2) is 11.5 Å². The maximum atomic E-state index is 12.4. The van der Waals surface area contributed by atoms with Gasteiger partial charge in [-0.25, -0.2) is 4.98 Å². The van der Waals surface area contributed by atoms with Crippen LogP contribution in [0.4, 0.5) is 17.2 Å². The summed E-state index contributed by atoms with van der Waals surface area (Å²) in [5.74, 6) is 0.707. The number of rotatable bonds is 5. The van der Waals surface area contributed by atoms with Crippen LogP contribution in [0.25, 0.3) is 22.0 Å². The highest BCUT2D eigenvalue weighted by Gasteiger charge is 2.17. The largest absolute Gasteiger partial charge is 0.505 e. The number of hydrogen-bond donors (Lipinski definition) is 2. The molecule has 4 aromatic rings. The average molecular weight is 493 g/mol. The van der Waals surface area contributed by atoms with E-state index in [0.717, 1.165) is 46.6 Å². The Labute approximate surface area is 207 Å². The monoisotopic (exact) mass is 492 g/mol. The summed E-state index contributed by atoms with van der Waals surface area (Å²) in [7, 11) is 0. The van der Waals surface area contributed by atoms with Crippen LogP contribution in [0.2, 0.25) is 10.0 Å². The minimum Gasteiger partial charge on any atom is -0.505 e. The highest BCUT2D eigenvalue weighted by atomic mass is 35.5. The lowest BCUT2D eigenvalue weighted by Crippen LogP contribution is -2.18. The molecule has 1 aliphatic heterocycles. The Hall–Kier alpha value is -3.35. The number of pyridine rings is 2. The molecule has 1 fully saturated rings. The van der Waals surface area contributed by atoms with Gasteiger partial charge in [-0.05, 0) is 67.3 Å². The summed E-state index contributed by atoms with van der Waals surface area (Å²) in [5.41, 5.74) is 4.21. The van der Waals surface area contributed by atoms with Crippen molar-refractivity contribution in [2.24, 2.45) is 0 Å². The van der Waals surface area contributed by atoms with E-state index in [4.69, 9.17) is 23.2 Å². The number of carbonyl (C=O) groups is 1. The first-order chi connectivity index (χ1) is 16.4. The molecule has 8 heteroatoms. The molecule has 0 bridgehead atoms. The van der Waals surface area contributed by atoms with Crippen LogP contribution >= 0.6 is 23.2 Å². The van der Waals surface area contributed by atoms with E-state index in [-0.39, 0.29) is 21.6 Å². The maximum Gasteiger partial charge on any atom is 0.163 e. The zero-order chi connectivity index (χ0) is 23.8. The molecule has 2 N–H and O–H groups in total. The van der Waals surface area contributed by atoms with E-state index in [0.29, 0.717) is 11.3 Å². The van der Waals surface area contributed by atoms with Crippen molar-refractivity contribution in [1.82, 2.24) is 9.97 Å². The molecule has 0 saturated carbocycles. The lowest BCUT2D eigenvalue weighted by Gasteiger charge is -2.18. The van der Waals surface area contributed by atoms with E-state index in [2.05, 4.69) is 20.2 Å². The molecule has 0 atom stereocenters. The van der Waals surface area contributed by atoms with Gasteiger partial charge >= 0.3 is 0 Å². The minimum absolute atomic E-state index is 0.0975. The number of ketones is 1. The van der Waals surface area contributed by atoms with Crippen LogP contribution in [0.15, 0.2) is 54.9 Å². The molecular weight excluding hydrogens is 471 g/mol. The number of aromatic hydroxyl groups is 1. The van der Waals surface area contributed by atoms with Gasteiger partial charge in [-0.15, -0.1) is 0 Å². The number of nitrogens with zero attached hydrogens (tertiary/aromatic N) is 3. The number of benzene rings is 2. The second kappa shape index (κ2) is 9.12. The van der Waals surface area contributed by atoms with Gasteiger partial charge in [-0.3, -0.25) is 9.78 Å². The highest BCUT2D eigenvalue weighted by Crippen LogP contribution is 2.38. The summed E-state index contributed by atoms with van der Waals surface area (Å²) in [4.78, 5) is 23.8. The summed E-state index contributed by atoms with van der Waals surface area (Å²) >= 11 is 12.3. The van der Waals surface area contributed by atoms with E-state index < -0.39 is 0 Å². The van der Waals surface area contributed by atoms with Gasteiger partial charge < -0.3 is 15.3 Å². The lowest BCUT2D eigenvalue weighted by molar-refractivity contribution is 0.101. The Morgan fingerprint density at radius 1 is 0.971 bits per heavy atom. The van der Waals surface area contributed by atoms with Gasteiger partial charge in [0.1, 0.15) is 5.82 Å². The Morgan fingerprint density at radius 3 is 2.35 bits per heavy atom. The predicted molar refractivity (Wildman–Crippen MR) is 138 cm³/mol. The number of phenolic OH excluding ortho intramolecular Hbond substituents is 1. The van der Waals surface area contributed by atoms with E-state index in [1.165, 1.54) is 19.8 Å². The number of phenols is 1. The van der Waals surface area contributed by atoms with Crippen LogP contribution in [0.1, 0.15) is 30.1 Å². The topological polar surface area (TPSA) is 78.3 Å². The Kier molecular flexibility index (Phi) is 6.02. The summed E-state index contributed by atoms with van der Waals surface area (Å²) in [6.45, 7) is 3.57. The first-order valence-electron chi connectivity index (χ1n) is 11.0. The SMILES string of the molecule is CC(=O)c1cnc2ccc(-c3cc(Cl)c(O)c(Cl)c3)cc2c1Nc1ccc(N2CCCC2)nc1. The number of aromatic nitrogens is 2. The number of carbonyl (C=O) groups excluding carboxylic acids is 1. The molecule has 0 amide bonds.